The molecular formula is C7H16O4Si. The number of hydrogen-bond acceptors (Lipinski definition) is 4. The van der Waals surface area contributed by atoms with Crippen LogP contribution in [0.2, 0.25) is 12.6 Å². The Morgan fingerprint density at radius 1 is 1.58 bits per heavy atom. The number of rotatable bonds is 5. The molecule has 0 aliphatic carbocycles. The summed E-state index contributed by atoms with van der Waals surface area (Å²) in [6, 6.07) is 0.574. The van der Waals surface area contributed by atoms with Gasteiger partial charge in [-0.05, 0) is 6.55 Å². The van der Waals surface area contributed by atoms with E-state index in [4.69, 9.17) is 13.6 Å². The summed E-state index contributed by atoms with van der Waals surface area (Å²) >= 11 is 0. The minimum absolute atomic E-state index is 0.0159. The van der Waals surface area contributed by atoms with Crippen LogP contribution in [0.3, 0.4) is 0 Å². The molecule has 1 N–H and O–H groups in total. The molecule has 1 aliphatic heterocycles. The van der Waals surface area contributed by atoms with Gasteiger partial charge in [0, 0.05) is 20.3 Å². The van der Waals surface area contributed by atoms with Crippen LogP contribution in [0.5, 0.6) is 0 Å². The van der Waals surface area contributed by atoms with E-state index in [1.165, 1.54) is 0 Å². The second-order valence-corrected chi connectivity index (χ2v) is 6.68. The zero-order chi connectivity index (χ0) is 9.19. The third kappa shape index (κ3) is 2.53. The molecule has 12 heavy (non-hydrogen) atoms. The van der Waals surface area contributed by atoms with Crippen molar-refractivity contribution < 1.29 is 18.7 Å². The van der Waals surface area contributed by atoms with Crippen molar-refractivity contribution in [2.24, 2.45) is 0 Å². The number of hydrogen-bond donors (Lipinski definition) is 1. The highest BCUT2D eigenvalue weighted by atomic mass is 28.4. The summed E-state index contributed by atoms with van der Waals surface area (Å²) in [6.07, 6.45) is -0.413. The van der Waals surface area contributed by atoms with Gasteiger partial charge in [0.2, 0.25) is 0 Å². The summed E-state index contributed by atoms with van der Waals surface area (Å²) in [7, 11) is 1.13. The Balaban J connectivity index is 2.34. The van der Waals surface area contributed by atoms with E-state index in [9.17, 15) is 5.11 Å². The van der Waals surface area contributed by atoms with Gasteiger partial charge in [-0.25, -0.2) is 0 Å². The van der Waals surface area contributed by atoms with Crippen molar-refractivity contribution >= 4 is 8.56 Å². The molecule has 0 spiro atoms. The lowest BCUT2D eigenvalue weighted by atomic mass is 10.3. The lowest BCUT2D eigenvalue weighted by Crippen LogP contribution is -2.41. The molecule has 4 nitrogen and oxygen atoms in total. The van der Waals surface area contributed by atoms with Crippen LogP contribution in [-0.2, 0) is 13.6 Å². The fraction of sp³-hybridized carbons (Fsp3) is 1.00. The average molecular weight is 192 g/mol. The molecule has 0 aromatic rings. The highest BCUT2D eigenvalue weighted by molar-refractivity contribution is 6.66. The molecule has 0 aromatic carbocycles. The molecule has 2 unspecified atom stereocenters. The highest BCUT2D eigenvalue weighted by Gasteiger charge is 2.39. The smallest absolute Gasteiger partial charge is 0.337 e. The normalized spacial score (nSPS) is 25.5. The van der Waals surface area contributed by atoms with Crippen LogP contribution in [0.25, 0.3) is 0 Å². The molecule has 0 saturated carbocycles. The molecule has 2 atom stereocenters. The van der Waals surface area contributed by atoms with Crippen LogP contribution in [0, 0.1) is 0 Å². The molecule has 72 valence electrons. The number of ether oxygens (including phenoxy) is 1. The SMILES string of the molecule is CO[Si](C)(CC(O)C1CO1)OC. The van der Waals surface area contributed by atoms with Gasteiger partial charge in [-0.15, -0.1) is 0 Å². The quantitative estimate of drug-likeness (QED) is 0.496. The van der Waals surface area contributed by atoms with Gasteiger partial charge in [0.1, 0.15) is 6.10 Å². The third-order valence-electron chi connectivity index (χ3n) is 2.23. The Hall–Kier alpha value is 0.0569. The fourth-order valence-corrected chi connectivity index (χ4v) is 2.56. The first-order chi connectivity index (χ1) is 5.61. The maximum Gasteiger partial charge on any atom is 0.337 e. The zero-order valence-corrected chi connectivity index (χ0v) is 8.74. The van der Waals surface area contributed by atoms with Crippen molar-refractivity contribution in [1.82, 2.24) is 0 Å². The standard InChI is InChI=1S/C7H16O4Si/c1-9-12(3,10-2)5-6(8)7-4-11-7/h6-8H,4-5H2,1-3H3. The molecule has 0 radical (unpaired) electrons. The molecule has 1 aliphatic rings. The molecular weight excluding hydrogens is 176 g/mol. The van der Waals surface area contributed by atoms with E-state index in [0.29, 0.717) is 12.7 Å². The molecule has 1 heterocycles. The first kappa shape index (κ1) is 10.1. The Morgan fingerprint density at radius 2 is 2.08 bits per heavy atom. The van der Waals surface area contributed by atoms with Crippen molar-refractivity contribution in [2.45, 2.75) is 24.8 Å². The van der Waals surface area contributed by atoms with Crippen LogP contribution in [0.1, 0.15) is 0 Å². The summed E-state index contributed by atoms with van der Waals surface area (Å²) in [5, 5.41) is 9.54. The predicted molar refractivity (Wildman–Crippen MR) is 46.2 cm³/mol. The van der Waals surface area contributed by atoms with Crippen molar-refractivity contribution in [2.75, 3.05) is 20.8 Å². The first-order valence-electron chi connectivity index (χ1n) is 4.01. The summed E-state index contributed by atoms with van der Waals surface area (Å²) in [5.74, 6) is 0. The van der Waals surface area contributed by atoms with Crippen LogP contribution in [0.15, 0.2) is 0 Å². The zero-order valence-electron chi connectivity index (χ0n) is 7.74. The van der Waals surface area contributed by atoms with Crippen LogP contribution >= 0.6 is 0 Å². The topological polar surface area (TPSA) is 51.2 Å². The monoisotopic (exact) mass is 192 g/mol. The lowest BCUT2D eigenvalue weighted by molar-refractivity contribution is 0.134. The lowest BCUT2D eigenvalue weighted by Gasteiger charge is -2.24. The number of epoxide rings is 1. The third-order valence-corrected chi connectivity index (χ3v) is 5.12. The van der Waals surface area contributed by atoms with E-state index in [2.05, 4.69) is 0 Å². The summed E-state index contributed by atoms with van der Waals surface area (Å²) in [6.45, 7) is 2.59. The average Bonchev–Trinajstić information content (AvgIpc) is 2.86. The highest BCUT2D eigenvalue weighted by Crippen LogP contribution is 2.22. The van der Waals surface area contributed by atoms with Gasteiger partial charge in [0.25, 0.3) is 0 Å². The van der Waals surface area contributed by atoms with Gasteiger partial charge < -0.3 is 18.7 Å². The van der Waals surface area contributed by atoms with E-state index < -0.39 is 14.7 Å². The van der Waals surface area contributed by atoms with Gasteiger partial charge >= 0.3 is 8.56 Å². The maximum atomic E-state index is 9.54. The van der Waals surface area contributed by atoms with Crippen LogP contribution in [-0.4, -0.2) is 46.7 Å². The molecule has 1 saturated heterocycles. The Morgan fingerprint density at radius 3 is 2.42 bits per heavy atom. The predicted octanol–water partition coefficient (Wildman–Crippen LogP) is 0.111. The minimum Gasteiger partial charge on any atom is -0.398 e. The molecule has 0 amide bonds. The van der Waals surface area contributed by atoms with E-state index in [1.807, 2.05) is 6.55 Å². The van der Waals surface area contributed by atoms with Gasteiger partial charge in [0.15, 0.2) is 0 Å². The fourth-order valence-electron chi connectivity index (χ4n) is 1.04. The molecule has 5 heteroatoms. The number of aliphatic hydroxyl groups excluding tert-OH is 1. The Labute approximate surface area is 73.7 Å². The van der Waals surface area contributed by atoms with E-state index in [1.54, 1.807) is 14.2 Å². The summed E-state index contributed by atoms with van der Waals surface area (Å²) in [4.78, 5) is 0. The maximum absolute atomic E-state index is 9.54. The van der Waals surface area contributed by atoms with E-state index >= 15 is 0 Å². The van der Waals surface area contributed by atoms with Gasteiger partial charge in [-0.1, -0.05) is 0 Å². The second kappa shape index (κ2) is 3.84. The van der Waals surface area contributed by atoms with E-state index in [0.717, 1.165) is 0 Å². The molecule has 1 rings (SSSR count). The van der Waals surface area contributed by atoms with E-state index in [-0.39, 0.29) is 6.10 Å². The van der Waals surface area contributed by atoms with Crippen LogP contribution < -0.4 is 0 Å². The van der Waals surface area contributed by atoms with Crippen molar-refractivity contribution in [1.29, 1.82) is 0 Å². The van der Waals surface area contributed by atoms with Crippen molar-refractivity contribution in [3.63, 3.8) is 0 Å². The van der Waals surface area contributed by atoms with Crippen molar-refractivity contribution in [3.05, 3.63) is 0 Å². The Bertz CT molecular complexity index is 144. The van der Waals surface area contributed by atoms with Crippen LogP contribution in [0.4, 0.5) is 0 Å². The largest absolute Gasteiger partial charge is 0.398 e. The molecule has 0 aromatic heterocycles. The first-order valence-corrected chi connectivity index (χ1v) is 6.53. The Kier molecular flexibility index (Phi) is 3.25. The summed E-state index contributed by atoms with van der Waals surface area (Å²) < 4.78 is 15.4. The van der Waals surface area contributed by atoms with Gasteiger partial charge in [0.05, 0.1) is 12.7 Å². The van der Waals surface area contributed by atoms with Gasteiger partial charge in [-0.2, -0.15) is 0 Å². The summed E-state index contributed by atoms with van der Waals surface area (Å²) in [5.41, 5.74) is 0. The second-order valence-electron chi connectivity index (χ2n) is 3.19. The van der Waals surface area contributed by atoms with Crippen molar-refractivity contribution in [3.8, 4) is 0 Å². The number of aliphatic hydroxyl groups is 1. The minimum atomic E-state index is -2.11. The molecule has 1 fully saturated rings. The molecule has 0 bridgehead atoms. The van der Waals surface area contributed by atoms with Gasteiger partial charge in [-0.3, -0.25) is 0 Å².